The highest BCUT2D eigenvalue weighted by atomic mass is 15.2. The minimum absolute atomic E-state index is 0.927. The van der Waals surface area contributed by atoms with Gasteiger partial charge in [-0.05, 0) is 31.9 Å². The van der Waals surface area contributed by atoms with Crippen LogP contribution in [-0.2, 0) is 6.54 Å². The summed E-state index contributed by atoms with van der Waals surface area (Å²) in [6, 6.07) is 4.21. The molecule has 2 heterocycles. The van der Waals surface area contributed by atoms with E-state index >= 15 is 0 Å². The number of aromatic nitrogens is 1. The van der Waals surface area contributed by atoms with Crippen LogP contribution < -0.4 is 10.2 Å². The molecule has 1 aromatic heterocycles. The molecular weight excluding hydrogens is 198 g/mol. The second kappa shape index (κ2) is 5.85. The van der Waals surface area contributed by atoms with E-state index in [4.69, 9.17) is 0 Å². The van der Waals surface area contributed by atoms with E-state index in [1.54, 1.807) is 0 Å². The number of anilines is 1. The van der Waals surface area contributed by atoms with Gasteiger partial charge in [-0.3, -0.25) is 0 Å². The second-order valence-corrected chi connectivity index (χ2v) is 4.31. The van der Waals surface area contributed by atoms with Crippen LogP contribution in [0.4, 0.5) is 5.82 Å². The van der Waals surface area contributed by atoms with Gasteiger partial charge in [0.2, 0.25) is 0 Å². The number of rotatable bonds is 4. The van der Waals surface area contributed by atoms with Gasteiger partial charge in [0.15, 0.2) is 0 Å². The molecule has 1 aliphatic heterocycles. The molecule has 0 saturated carbocycles. The maximum absolute atomic E-state index is 4.54. The van der Waals surface area contributed by atoms with Crippen LogP contribution in [0.15, 0.2) is 18.3 Å². The molecule has 1 aromatic rings. The standard InChI is InChI=1S/C13H21N3/c1-2-14-11-12-7-6-8-15-13(12)16-9-4-3-5-10-16/h6-8,14H,2-5,9-11H2,1H3. The Kier molecular flexibility index (Phi) is 4.17. The number of pyridine rings is 1. The van der Waals surface area contributed by atoms with Crippen molar-refractivity contribution in [2.75, 3.05) is 24.5 Å². The van der Waals surface area contributed by atoms with E-state index in [1.807, 2.05) is 12.3 Å². The van der Waals surface area contributed by atoms with Crippen LogP contribution in [0.2, 0.25) is 0 Å². The van der Waals surface area contributed by atoms with Crippen LogP contribution in [0.25, 0.3) is 0 Å². The SMILES string of the molecule is CCNCc1cccnc1N1CCCCC1. The molecule has 1 saturated heterocycles. The Morgan fingerprint density at radius 3 is 2.88 bits per heavy atom. The molecule has 0 amide bonds. The van der Waals surface area contributed by atoms with Gasteiger partial charge in [-0.25, -0.2) is 4.98 Å². The van der Waals surface area contributed by atoms with Crippen molar-refractivity contribution in [2.45, 2.75) is 32.7 Å². The topological polar surface area (TPSA) is 28.2 Å². The largest absolute Gasteiger partial charge is 0.356 e. The quantitative estimate of drug-likeness (QED) is 0.841. The summed E-state index contributed by atoms with van der Waals surface area (Å²) >= 11 is 0. The van der Waals surface area contributed by atoms with Gasteiger partial charge in [-0.15, -0.1) is 0 Å². The molecule has 0 aliphatic carbocycles. The van der Waals surface area contributed by atoms with Gasteiger partial charge in [0, 0.05) is 31.4 Å². The van der Waals surface area contributed by atoms with Gasteiger partial charge in [0.1, 0.15) is 5.82 Å². The first-order chi connectivity index (χ1) is 7.92. The summed E-state index contributed by atoms with van der Waals surface area (Å²) in [5.74, 6) is 1.18. The monoisotopic (exact) mass is 219 g/mol. The Hall–Kier alpha value is -1.09. The highest BCUT2D eigenvalue weighted by Gasteiger charge is 2.14. The molecule has 88 valence electrons. The molecule has 0 bridgehead atoms. The van der Waals surface area contributed by atoms with E-state index in [0.29, 0.717) is 0 Å². The Balaban J connectivity index is 2.11. The van der Waals surface area contributed by atoms with Crippen molar-refractivity contribution in [3.05, 3.63) is 23.9 Å². The van der Waals surface area contributed by atoms with Crippen LogP contribution in [-0.4, -0.2) is 24.6 Å². The molecule has 0 unspecified atom stereocenters. The van der Waals surface area contributed by atoms with Crippen LogP contribution in [0, 0.1) is 0 Å². The molecule has 16 heavy (non-hydrogen) atoms. The van der Waals surface area contributed by atoms with Gasteiger partial charge < -0.3 is 10.2 Å². The third-order valence-electron chi connectivity index (χ3n) is 3.09. The first-order valence-electron chi connectivity index (χ1n) is 6.31. The second-order valence-electron chi connectivity index (χ2n) is 4.31. The highest BCUT2D eigenvalue weighted by molar-refractivity contribution is 5.46. The third kappa shape index (κ3) is 2.73. The summed E-state index contributed by atoms with van der Waals surface area (Å²) in [7, 11) is 0. The fraction of sp³-hybridized carbons (Fsp3) is 0.615. The van der Waals surface area contributed by atoms with Crippen molar-refractivity contribution in [1.29, 1.82) is 0 Å². The summed E-state index contributed by atoms with van der Waals surface area (Å²) in [5, 5.41) is 3.38. The summed E-state index contributed by atoms with van der Waals surface area (Å²) < 4.78 is 0. The van der Waals surface area contributed by atoms with Gasteiger partial charge in [0.25, 0.3) is 0 Å². The lowest BCUT2D eigenvalue weighted by Crippen LogP contribution is -2.31. The van der Waals surface area contributed by atoms with E-state index < -0.39 is 0 Å². The number of nitrogens with one attached hydrogen (secondary N) is 1. The fourth-order valence-electron chi connectivity index (χ4n) is 2.22. The summed E-state index contributed by atoms with van der Waals surface area (Å²) in [5.41, 5.74) is 1.33. The highest BCUT2D eigenvalue weighted by Crippen LogP contribution is 2.21. The van der Waals surface area contributed by atoms with Crippen LogP contribution in [0.1, 0.15) is 31.7 Å². The third-order valence-corrected chi connectivity index (χ3v) is 3.09. The van der Waals surface area contributed by atoms with Gasteiger partial charge >= 0.3 is 0 Å². The predicted molar refractivity (Wildman–Crippen MR) is 67.7 cm³/mol. The molecule has 1 aliphatic rings. The normalized spacial score (nSPS) is 16.4. The zero-order chi connectivity index (χ0) is 11.2. The summed E-state index contributed by atoms with van der Waals surface area (Å²) in [4.78, 5) is 6.97. The first-order valence-corrected chi connectivity index (χ1v) is 6.31. The van der Waals surface area contributed by atoms with E-state index in [-0.39, 0.29) is 0 Å². The predicted octanol–water partition coefficient (Wildman–Crippen LogP) is 2.18. The molecule has 3 nitrogen and oxygen atoms in total. The van der Waals surface area contributed by atoms with E-state index in [0.717, 1.165) is 26.2 Å². The molecule has 0 aromatic carbocycles. The molecule has 0 atom stereocenters. The minimum Gasteiger partial charge on any atom is -0.356 e. The molecule has 2 rings (SSSR count). The molecule has 1 fully saturated rings. The Bertz CT molecular complexity index is 319. The fourth-order valence-corrected chi connectivity index (χ4v) is 2.22. The Morgan fingerprint density at radius 1 is 1.31 bits per heavy atom. The summed E-state index contributed by atoms with van der Waals surface area (Å²) in [6.07, 6.45) is 5.87. The minimum atomic E-state index is 0.927. The molecule has 3 heteroatoms. The lowest BCUT2D eigenvalue weighted by Gasteiger charge is -2.29. The number of hydrogen-bond donors (Lipinski definition) is 1. The average Bonchev–Trinajstić information content (AvgIpc) is 2.38. The smallest absolute Gasteiger partial charge is 0.133 e. The lowest BCUT2D eigenvalue weighted by atomic mass is 10.1. The van der Waals surface area contributed by atoms with Crippen molar-refractivity contribution in [1.82, 2.24) is 10.3 Å². The van der Waals surface area contributed by atoms with Crippen molar-refractivity contribution < 1.29 is 0 Å². The van der Waals surface area contributed by atoms with Gasteiger partial charge in [-0.2, -0.15) is 0 Å². The van der Waals surface area contributed by atoms with Crippen molar-refractivity contribution >= 4 is 5.82 Å². The van der Waals surface area contributed by atoms with Gasteiger partial charge in [-0.1, -0.05) is 13.0 Å². The maximum Gasteiger partial charge on any atom is 0.133 e. The van der Waals surface area contributed by atoms with E-state index in [9.17, 15) is 0 Å². The Morgan fingerprint density at radius 2 is 2.12 bits per heavy atom. The van der Waals surface area contributed by atoms with Crippen LogP contribution in [0.3, 0.4) is 0 Å². The van der Waals surface area contributed by atoms with Crippen LogP contribution in [0.5, 0.6) is 0 Å². The first kappa shape index (κ1) is 11.4. The average molecular weight is 219 g/mol. The van der Waals surface area contributed by atoms with Crippen LogP contribution >= 0.6 is 0 Å². The van der Waals surface area contributed by atoms with Crippen molar-refractivity contribution in [2.24, 2.45) is 0 Å². The lowest BCUT2D eigenvalue weighted by molar-refractivity contribution is 0.570. The van der Waals surface area contributed by atoms with Crippen molar-refractivity contribution in [3.63, 3.8) is 0 Å². The maximum atomic E-state index is 4.54. The number of hydrogen-bond acceptors (Lipinski definition) is 3. The summed E-state index contributed by atoms with van der Waals surface area (Å²) in [6.45, 7) is 6.40. The number of piperidine rings is 1. The molecule has 0 spiro atoms. The molecule has 1 N–H and O–H groups in total. The van der Waals surface area contributed by atoms with Crippen molar-refractivity contribution in [3.8, 4) is 0 Å². The molecular formula is C13H21N3. The van der Waals surface area contributed by atoms with E-state index in [1.165, 1.54) is 30.6 Å². The zero-order valence-corrected chi connectivity index (χ0v) is 10.1. The zero-order valence-electron chi connectivity index (χ0n) is 10.1. The molecule has 0 radical (unpaired) electrons. The van der Waals surface area contributed by atoms with Gasteiger partial charge in [0.05, 0.1) is 0 Å². The van der Waals surface area contributed by atoms with E-state index in [2.05, 4.69) is 28.2 Å². The Labute approximate surface area is 97.9 Å². The number of nitrogens with zero attached hydrogens (tertiary/aromatic N) is 2.